The Labute approximate surface area is 179 Å². The van der Waals surface area contributed by atoms with Crippen molar-refractivity contribution in [3.8, 4) is 0 Å². The number of nitrogens with zero attached hydrogens (tertiary/aromatic N) is 1. The minimum atomic E-state index is 0.195. The molecular weight excluding hydrogens is 350 g/mol. The maximum Gasteiger partial charge on any atom is 0.0548 e. The first-order chi connectivity index (χ1) is 13.4. The van der Waals surface area contributed by atoms with E-state index in [0.717, 1.165) is 5.92 Å². The SMILES string of the molecule is CC(C)(C)c1ccc2c(c1)C(C(C)(C)C1CCCC1)C1=NC(C(C)(C)C)CCC12. The molecule has 4 rings (SSSR count). The monoisotopic (exact) mass is 393 g/mol. The molecular formula is C28H43N. The summed E-state index contributed by atoms with van der Waals surface area (Å²) in [7, 11) is 0. The van der Waals surface area contributed by atoms with Gasteiger partial charge in [-0.1, -0.05) is 86.4 Å². The molecule has 1 aromatic rings. The zero-order valence-corrected chi connectivity index (χ0v) is 20.2. The lowest BCUT2D eigenvalue weighted by Crippen LogP contribution is -2.37. The van der Waals surface area contributed by atoms with E-state index >= 15 is 0 Å². The summed E-state index contributed by atoms with van der Waals surface area (Å²) < 4.78 is 0. The van der Waals surface area contributed by atoms with Gasteiger partial charge in [0.15, 0.2) is 0 Å². The zero-order valence-electron chi connectivity index (χ0n) is 20.2. The van der Waals surface area contributed by atoms with E-state index in [1.807, 2.05) is 0 Å². The summed E-state index contributed by atoms with van der Waals surface area (Å²) in [4.78, 5) is 5.56. The molecule has 29 heavy (non-hydrogen) atoms. The second-order valence-electron chi connectivity index (χ2n) is 12.9. The highest BCUT2D eigenvalue weighted by atomic mass is 14.9. The Morgan fingerprint density at radius 3 is 2.03 bits per heavy atom. The lowest BCUT2D eigenvalue weighted by molar-refractivity contribution is 0.198. The first-order valence-electron chi connectivity index (χ1n) is 12.1. The molecule has 0 saturated heterocycles. The van der Waals surface area contributed by atoms with E-state index in [-0.39, 0.29) is 16.2 Å². The first-order valence-corrected chi connectivity index (χ1v) is 12.1. The molecule has 0 aromatic heterocycles. The summed E-state index contributed by atoms with van der Waals surface area (Å²) in [6.07, 6.45) is 8.14. The van der Waals surface area contributed by atoms with Gasteiger partial charge in [0, 0.05) is 17.5 Å². The second-order valence-corrected chi connectivity index (χ2v) is 12.9. The van der Waals surface area contributed by atoms with Gasteiger partial charge >= 0.3 is 0 Å². The van der Waals surface area contributed by atoms with Gasteiger partial charge in [-0.3, -0.25) is 4.99 Å². The summed E-state index contributed by atoms with van der Waals surface area (Å²) in [6, 6.07) is 7.91. The summed E-state index contributed by atoms with van der Waals surface area (Å²) >= 11 is 0. The molecule has 0 N–H and O–H groups in total. The third kappa shape index (κ3) is 3.61. The van der Waals surface area contributed by atoms with Crippen LogP contribution >= 0.6 is 0 Å². The quantitative estimate of drug-likeness (QED) is 0.482. The van der Waals surface area contributed by atoms with Crippen LogP contribution in [0.5, 0.6) is 0 Å². The molecule has 3 atom stereocenters. The van der Waals surface area contributed by atoms with Gasteiger partial charge in [-0.05, 0) is 64.5 Å². The Hall–Kier alpha value is -1.11. The van der Waals surface area contributed by atoms with E-state index in [0.29, 0.717) is 17.9 Å². The van der Waals surface area contributed by atoms with Gasteiger partial charge in [0.25, 0.3) is 0 Å². The molecule has 1 saturated carbocycles. The Morgan fingerprint density at radius 2 is 1.45 bits per heavy atom. The normalized spacial score (nSPS) is 28.3. The molecule has 0 amide bonds. The summed E-state index contributed by atoms with van der Waals surface area (Å²) in [6.45, 7) is 19.3. The largest absolute Gasteiger partial charge is 0.289 e. The van der Waals surface area contributed by atoms with Crippen molar-refractivity contribution in [2.24, 2.45) is 21.7 Å². The third-order valence-corrected chi connectivity index (χ3v) is 8.48. The summed E-state index contributed by atoms with van der Waals surface area (Å²) in [5.41, 5.74) is 6.97. The van der Waals surface area contributed by atoms with Crippen molar-refractivity contribution in [3.63, 3.8) is 0 Å². The Bertz CT molecular complexity index is 793. The van der Waals surface area contributed by atoms with Crippen LogP contribution in [-0.4, -0.2) is 11.8 Å². The number of rotatable bonds is 2. The Kier molecular flexibility index (Phi) is 5.07. The van der Waals surface area contributed by atoms with Crippen LogP contribution in [0, 0.1) is 16.7 Å². The van der Waals surface area contributed by atoms with Gasteiger partial charge in [0.05, 0.1) is 6.04 Å². The molecule has 0 bridgehead atoms. The van der Waals surface area contributed by atoms with E-state index in [2.05, 4.69) is 73.6 Å². The highest BCUT2D eigenvalue weighted by Crippen LogP contribution is 2.57. The van der Waals surface area contributed by atoms with Crippen molar-refractivity contribution in [2.75, 3.05) is 0 Å². The number of fused-ring (bicyclic) bond motifs is 3. The van der Waals surface area contributed by atoms with Crippen LogP contribution < -0.4 is 0 Å². The molecule has 1 heterocycles. The Balaban J connectivity index is 1.86. The fourth-order valence-electron chi connectivity index (χ4n) is 6.48. The lowest BCUT2D eigenvalue weighted by atomic mass is 9.65. The van der Waals surface area contributed by atoms with E-state index in [9.17, 15) is 0 Å². The van der Waals surface area contributed by atoms with Crippen LogP contribution in [0.2, 0.25) is 0 Å². The molecule has 0 spiro atoms. The molecule has 1 fully saturated rings. The maximum atomic E-state index is 5.56. The average Bonchev–Trinajstić information content (AvgIpc) is 3.26. The van der Waals surface area contributed by atoms with Gasteiger partial charge in [-0.2, -0.15) is 0 Å². The van der Waals surface area contributed by atoms with Crippen LogP contribution in [-0.2, 0) is 5.41 Å². The van der Waals surface area contributed by atoms with Gasteiger partial charge in [0.2, 0.25) is 0 Å². The van der Waals surface area contributed by atoms with E-state index in [1.54, 1.807) is 11.1 Å². The molecule has 0 radical (unpaired) electrons. The van der Waals surface area contributed by atoms with E-state index in [1.165, 1.54) is 49.8 Å². The first kappa shape index (κ1) is 21.1. The molecule has 1 heteroatoms. The topological polar surface area (TPSA) is 12.4 Å². The van der Waals surface area contributed by atoms with E-state index < -0.39 is 0 Å². The second kappa shape index (κ2) is 6.96. The van der Waals surface area contributed by atoms with Crippen molar-refractivity contribution in [2.45, 2.75) is 117 Å². The fourth-order valence-corrected chi connectivity index (χ4v) is 6.48. The number of benzene rings is 1. The molecule has 1 aromatic carbocycles. The van der Waals surface area contributed by atoms with Crippen LogP contribution in [0.3, 0.4) is 0 Å². The average molecular weight is 394 g/mol. The predicted octanol–water partition coefficient (Wildman–Crippen LogP) is 8.03. The molecule has 3 aliphatic rings. The highest BCUT2D eigenvalue weighted by molar-refractivity contribution is 6.02. The van der Waals surface area contributed by atoms with Crippen molar-refractivity contribution in [1.29, 1.82) is 0 Å². The van der Waals surface area contributed by atoms with Gasteiger partial charge in [-0.25, -0.2) is 0 Å². The standard InChI is InChI=1S/C28H43N/c1-26(2,3)19-13-14-20-21-15-16-23(27(4,5)6)29-25(21)24(22(20)17-19)28(7,8)18-11-9-10-12-18/h13-14,17-18,21,23-24H,9-12,15-16H2,1-8H3. The zero-order chi connectivity index (χ0) is 21.2. The third-order valence-electron chi connectivity index (χ3n) is 8.48. The van der Waals surface area contributed by atoms with Crippen molar-refractivity contribution in [1.82, 2.24) is 0 Å². The van der Waals surface area contributed by atoms with Crippen molar-refractivity contribution < 1.29 is 0 Å². The van der Waals surface area contributed by atoms with Crippen molar-refractivity contribution in [3.05, 3.63) is 34.9 Å². The van der Waals surface area contributed by atoms with E-state index in [4.69, 9.17) is 4.99 Å². The van der Waals surface area contributed by atoms with Gasteiger partial charge in [0.1, 0.15) is 0 Å². The van der Waals surface area contributed by atoms with Gasteiger partial charge < -0.3 is 0 Å². The minimum absolute atomic E-state index is 0.195. The van der Waals surface area contributed by atoms with Crippen LogP contribution in [0.4, 0.5) is 0 Å². The fraction of sp³-hybridized carbons (Fsp3) is 0.750. The summed E-state index contributed by atoms with van der Waals surface area (Å²) in [5.74, 6) is 1.89. The molecule has 1 nitrogen and oxygen atoms in total. The maximum absolute atomic E-state index is 5.56. The van der Waals surface area contributed by atoms with Gasteiger partial charge in [-0.15, -0.1) is 0 Å². The minimum Gasteiger partial charge on any atom is -0.289 e. The number of hydrogen-bond donors (Lipinski definition) is 0. The Morgan fingerprint density at radius 1 is 0.793 bits per heavy atom. The molecule has 3 unspecified atom stereocenters. The molecule has 2 aliphatic carbocycles. The van der Waals surface area contributed by atoms with Crippen LogP contribution in [0.1, 0.15) is 122 Å². The molecule has 1 aliphatic heterocycles. The van der Waals surface area contributed by atoms with Crippen molar-refractivity contribution >= 4 is 5.71 Å². The smallest absolute Gasteiger partial charge is 0.0548 e. The molecule has 160 valence electrons. The number of aliphatic imine (C=N–C) groups is 1. The number of hydrogen-bond acceptors (Lipinski definition) is 1. The summed E-state index contributed by atoms with van der Waals surface area (Å²) in [5, 5.41) is 0. The highest BCUT2D eigenvalue weighted by Gasteiger charge is 2.50. The van der Waals surface area contributed by atoms with Crippen LogP contribution in [0.15, 0.2) is 23.2 Å². The van der Waals surface area contributed by atoms with Crippen LogP contribution in [0.25, 0.3) is 0 Å². The lowest BCUT2D eigenvalue weighted by Gasteiger charge is -2.41. The predicted molar refractivity (Wildman–Crippen MR) is 126 cm³/mol.